The van der Waals surface area contributed by atoms with Crippen molar-refractivity contribution in [2.75, 3.05) is 67.3 Å². The average molecular weight is 1070 g/mol. The molecule has 6 bridgehead atoms. The molecule has 3 saturated heterocycles. The number of hydrazine groups is 1. The van der Waals surface area contributed by atoms with Gasteiger partial charge in [-0.05, 0) is 105 Å². The van der Waals surface area contributed by atoms with Crippen LogP contribution in [0.1, 0.15) is 96.0 Å². The van der Waals surface area contributed by atoms with E-state index in [0.29, 0.717) is 63.2 Å². The van der Waals surface area contributed by atoms with Crippen molar-refractivity contribution in [3.8, 4) is 16.9 Å². The molecule has 3 fully saturated rings. The number of phenols is 1. The Labute approximate surface area is 459 Å². The number of aromatic nitrogens is 1. The lowest BCUT2D eigenvalue weighted by atomic mass is 9.81. The van der Waals surface area contributed by atoms with Gasteiger partial charge in [0.25, 0.3) is 11.8 Å². The zero-order valence-corrected chi connectivity index (χ0v) is 47.3. The van der Waals surface area contributed by atoms with E-state index >= 15 is 0 Å². The molecule has 420 valence electrons. The van der Waals surface area contributed by atoms with Crippen LogP contribution >= 0.6 is 0 Å². The highest BCUT2D eigenvalue weighted by molar-refractivity contribution is 5.96. The fourth-order valence-electron chi connectivity index (χ4n) is 12.3. The second-order valence-electron chi connectivity index (χ2n) is 23.3. The fraction of sp³-hybridized carbons (Fsp3) is 0.557. The molecule has 6 heterocycles. The van der Waals surface area contributed by atoms with Gasteiger partial charge in [0.2, 0.25) is 5.91 Å². The van der Waals surface area contributed by atoms with E-state index in [2.05, 4.69) is 67.1 Å². The molecule has 0 aliphatic carbocycles. The Morgan fingerprint density at radius 2 is 1.78 bits per heavy atom. The van der Waals surface area contributed by atoms with Gasteiger partial charge in [-0.3, -0.25) is 29.2 Å². The van der Waals surface area contributed by atoms with Crippen molar-refractivity contribution >= 4 is 46.4 Å². The molecule has 78 heavy (non-hydrogen) atoms. The van der Waals surface area contributed by atoms with Crippen LogP contribution in [0.3, 0.4) is 0 Å². The number of likely N-dealkylation sites (N-methyl/N-ethyl adjacent to an activating group) is 2. The van der Waals surface area contributed by atoms with E-state index in [0.717, 1.165) is 57.6 Å². The number of nitrogens with zero attached hydrogens (tertiary/aromatic N) is 5. The molecule has 4 aromatic rings. The predicted molar refractivity (Wildman–Crippen MR) is 300 cm³/mol. The van der Waals surface area contributed by atoms with E-state index in [1.54, 1.807) is 26.3 Å². The maximum absolute atomic E-state index is 15.0. The molecule has 5 aliphatic rings. The van der Waals surface area contributed by atoms with Gasteiger partial charge in [-0.1, -0.05) is 77.1 Å². The van der Waals surface area contributed by atoms with E-state index in [1.807, 2.05) is 69.5 Å². The minimum atomic E-state index is -1.17. The van der Waals surface area contributed by atoms with Crippen molar-refractivity contribution in [3.05, 3.63) is 94.8 Å². The summed E-state index contributed by atoms with van der Waals surface area (Å²) in [6.07, 6.45) is 2.47. The number of morpholine rings is 1. The quantitative estimate of drug-likeness (QED) is 0.118. The largest absolute Gasteiger partial charge is 0.508 e. The third-order valence-electron chi connectivity index (χ3n) is 16.5. The number of methoxy groups -OCH3 is 1. The number of aromatic hydroxyl groups is 1. The SMILES string of the molecule is CCn1c(C2=C([C@H](C)OC)N=CC(OC[C@H]3CN(C)CCO3)C2C)c2c3cc(ccc31)-c1cc(O)cc(c1)C[C@H](NC(=O)[C@H](C(C)C)N(C)C(=O)[C@@H]1OCC[C@@H]1c1ccccc1)C(=O)N1CCC[C@H](N1)C(=O)OCC(C)(C)C2. The van der Waals surface area contributed by atoms with Crippen LogP contribution < -0.4 is 10.7 Å². The minimum absolute atomic E-state index is 0.00918. The summed E-state index contributed by atoms with van der Waals surface area (Å²) < 4.78 is 33.5. The minimum Gasteiger partial charge on any atom is -0.508 e. The monoisotopic (exact) mass is 1070 g/mol. The maximum atomic E-state index is 15.0. The summed E-state index contributed by atoms with van der Waals surface area (Å²) in [5, 5.41) is 17.0. The Hall–Kier alpha value is -5.95. The third-order valence-corrected chi connectivity index (χ3v) is 16.5. The predicted octanol–water partition coefficient (Wildman–Crippen LogP) is 6.92. The molecule has 9 rings (SSSR count). The lowest BCUT2D eigenvalue weighted by molar-refractivity contribution is -0.155. The number of phenolic OH excluding ortho intramolecular Hbond substituents is 1. The van der Waals surface area contributed by atoms with Crippen LogP contribution in [0, 0.1) is 17.3 Å². The Bertz CT molecular complexity index is 2900. The van der Waals surface area contributed by atoms with Crippen molar-refractivity contribution in [3.63, 3.8) is 0 Å². The molecule has 17 nitrogen and oxygen atoms in total. The second kappa shape index (κ2) is 24.2. The van der Waals surface area contributed by atoms with Gasteiger partial charge < -0.3 is 48.5 Å². The number of aliphatic imine (C=N–C) groups is 1. The summed E-state index contributed by atoms with van der Waals surface area (Å²) in [5.41, 5.74) is 10.6. The van der Waals surface area contributed by atoms with Crippen molar-refractivity contribution in [1.82, 2.24) is 30.1 Å². The zero-order chi connectivity index (χ0) is 55.6. The molecule has 1 aromatic heterocycles. The molecule has 5 aliphatic heterocycles. The number of ether oxygens (including phenoxy) is 5. The number of hydrogen-bond donors (Lipinski definition) is 3. The standard InChI is InChI=1S/C61H81N7O10/c1-11-67-50-20-19-41-30-46(50)47(55(67)52-37(4)51(32-62-53(52)38(5)74-10)77-34-44-33-65(8)23-25-75-44)31-61(6,7)35-78-60(73)48-18-15-22-68(64-48)58(71)49(28-39-26-42(41)29-43(69)27-39)63-57(70)54(36(2)3)66(9)59(72)56-45(21-24-76-56)40-16-13-12-14-17-40/h12-14,16-17,19-20,26-27,29-30,32,36-38,44-45,48-49,51,54,56,64,69H,11,15,18,21-25,28,31,33-35H2,1-10H3,(H,63,70)/t37?,38-,44+,45+,48-,49-,51?,54-,56+/m0/s1. The molecule has 0 saturated carbocycles. The van der Waals surface area contributed by atoms with E-state index in [4.69, 9.17) is 28.7 Å². The number of carbonyl (C=O) groups is 4. The summed E-state index contributed by atoms with van der Waals surface area (Å²) in [6, 6.07) is 18.4. The van der Waals surface area contributed by atoms with Crippen molar-refractivity contribution in [2.45, 2.75) is 136 Å². The van der Waals surface area contributed by atoms with Crippen LogP contribution in [-0.2, 0) is 62.2 Å². The van der Waals surface area contributed by atoms with Gasteiger partial charge in [0, 0.05) is 93.3 Å². The van der Waals surface area contributed by atoms with E-state index < -0.39 is 47.4 Å². The number of benzene rings is 3. The van der Waals surface area contributed by atoms with Crippen molar-refractivity contribution in [2.24, 2.45) is 22.2 Å². The number of rotatable bonds is 13. The van der Waals surface area contributed by atoms with Crippen molar-refractivity contribution < 1.29 is 48.0 Å². The molecule has 0 radical (unpaired) electrons. The van der Waals surface area contributed by atoms with Gasteiger partial charge in [-0.2, -0.15) is 0 Å². The van der Waals surface area contributed by atoms with Crippen LogP contribution in [0.2, 0.25) is 0 Å². The first-order valence-electron chi connectivity index (χ1n) is 28.1. The average Bonchev–Trinajstić information content (AvgIpc) is 4.23. The van der Waals surface area contributed by atoms with Gasteiger partial charge in [0.05, 0.1) is 49.5 Å². The van der Waals surface area contributed by atoms with Gasteiger partial charge in [-0.25, -0.2) is 5.43 Å². The van der Waals surface area contributed by atoms with Crippen molar-refractivity contribution in [1.29, 1.82) is 0 Å². The van der Waals surface area contributed by atoms with Gasteiger partial charge in [0.1, 0.15) is 30.0 Å². The van der Waals surface area contributed by atoms with Crippen LogP contribution in [-0.4, -0.2) is 164 Å². The zero-order valence-electron chi connectivity index (χ0n) is 47.3. The first-order chi connectivity index (χ1) is 37.4. The number of esters is 1. The summed E-state index contributed by atoms with van der Waals surface area (Å²) in [5.74, 6) is -2.46. The smallest absolute Gasteiger partial charge is 0.324 e. The van der Waals surface area contributed by atoms with Gasteiger partial charge in [-0.15, -0.1) is 0 Å². The van der Waals surface area contributed by atoms with Crippen LogP contribution in [0.4, 0.5) is 0 Å². The number of fused-ring (bicyclic) bond motifs is 6. The van der Waals surface area contributed by atoms with Crippen LogP contribution in [0.15, 0.2) is 77.4 Å². The number of amides is 3. The summed E-state index contributed by atoms with van der Waals surface area (Å²) in [7, 11) is 5.41. The summed E-state index contributed by atoms with van der Waals surface area (Å²) in [4.78, 5) is 67.2. The first kappa shape index (κ1) is 56.8. The lowest BCUT2D eigenvalue weighted by Gasteiger charge is -2.37. The maximum Gasteiger partial charge on any atom is 0.324 e. The highest BCUT2D eigenvalue weighted by Gasteiger charge is 2.43. The molecule has 17 heteroatoms. The Kier molecular flexibility index (Phi) is 17.6. The van der Waals surface area contributed by atoms with Gasteiger partial charge in [0.15, 0.2) is 0 Å². The summed E-state index contributed by atoms with van der Waals surface area (Å²) >= 11 is 0. The molecule has 3 aromatic carbocycles. The number of nitrogens with one attached hydrogen (secondary N) is 2. The highest BCUT2D eigenvalue weighted by atomic mass is 16.5. The highest BCUT2D eigenvalue weighted by Crippen LogP contribution is 2.44. The number of cyclic esters (lactones) is 1. The molecule has 3 amide bonds. The van der Waals surface area contributed by atoms with E-state index in [-0.39, 0.29) is 67.3 Å². The second-order valence-corrected chi connectivity index (χ2v) is 23.3. The Morgan fingerprint density at radius 3 is 2.51 bits per heavy atom. The van der Waals surface area contributed by atoms with Crippen LogP contribution in [0.5, 0.6) is 5.75 Å². The molecule has 0 spiro atoms. The third kappa shape index (κ3) is 12.1. The Morgan fingerprint density at radius 1 is 1.00 bits per heavy atom. The molecular formula is C61H81N7O10. The molecular weight excluding hydrogens is 991 g/mol. The normalized spacial score (nSPS) is 25.9. The number of aryl methyl sites for hydroxylation is 1. The first-order valence-corrected chi connectivity index (χ1v) is 28.1. The lowest BCUT2D eigenvalue weighted by Crippen LogP contribution is -2.62. The molecule has 9 atom stereocenters. The molecule has 3 N–H and O–H groups in total. The summed E-state index contributed by atoms with van der Waals surface area (Å²) in [6.45, 7) is 18.4. The number of hydrogen-bond acceptors (Lipinski definition) is 13. The van der Waals surface area contributed by atoms with Crippen LogP contribution in [0.25, 0.3) is 27.6 Å². The van der Waals surface area contributed by atoms with Gasteiger partial charge >= 0.3 is 5.97 Å². The topological polar surface area (TPSA) is 186 Å². The fourth-order valence-corrected chi connectivity index (χ4v) is 12.3. The molecule has 2 unspecified atom stereocenters. The van der Waals surface area contributed by atoms with E-state index in [9.17, 15) is 24.3 Å². The Balaban J connectivity index is 1.10. The van der Waals surface area contributed by atoms with E-state index in [1.165, 1.54) is 9.91 Å². The number of carbonyl (C=O) groups excluding carboxylic acids is 4.